The van der Waals surface area contributed by atoms with Crippen molar-refractivity contribution >= 4 is 38.9 Å². The third-order valence-electron chi connectivity index (χ3n) is 4.35. The maximum atomic E-state index is 13.0. The van der Waals surface area contributed by atoms with Crippen LogP contribution in [0.5, 0.6) is 5.75 Å². The second-order valence-electron chi connectivity index (χ2n) is 6.61. The Morgan fingerprint density at radius 1 is 1.21 bits per heavy atom. The molecule has 0 heterocycles. The number of sulfonamides is 1. The zero-order chi connectivity index (χ0) is 21.1. The highest BCUT2D eigenvalue weighted by atomic mass is 35.5. The van der Waals surface area contributed by atoms with Crippen molar-refractivity contribution in [2.24, 2.45) is 0 Å². The Hall–Kier alpha value is -2.25. The normalized spacial score (nSPS) is 12.4. The van der Waals surface area contributed by atoms with Crippen LogP contribution < -0.4 is 14.4 Å². The van der Waals surface area contributed by atoms with Crippen molar-refractivity contribution in [1.82, 2.24) is 0 Å². The molecule has 152 valence electrons. The number of hydrogen-bond acceptors (Lipinski definition) is 4. The molecule has 0 fully saturated rings. The topological polar surface area (TPSA) is 75.7 Å². The van der Waals surface area contributed by atoms with Crippen molar-refractivity contribution in [2.75, 3.05) is 23.0 Å². The maximum absolute atomic E-state index is 13.0. The molecule has 0 aromatic heterocycles. The van der Waals surface area contributed by atoms with Gasteiger partial charge in [-0.05, 0) is 55.7 Å². The number of nitrogens with zero attached hydrogens (tertiary/aromatic N) is 1. The first kappa shape index (κ1) is 22.0. The van der Waals surface area contributed by atoms with Crippen LogP contribution in [0.15, 0.2) is 36.4 Å². The van der Waals surface area contributed by atoms with Gasteiger partial charge >= 0.3 is 0 Å². The minimum atomic E-state index is -3.74. The van der Waals surface area contributed by atoms with E-state index in [0.29, 0.717) is 22.1 Å². The van der Waals surface area contributed by atoms with Crippen molar-refractivity contribution in [3.8, 4) is 5.75 Å². The van der Waals surface area contributed by atoms with E-state index in [-0.39, 0.29) is 6.42 Å². The molecule has 0 aliphatic carbocycles. The maximum Gasteiger partial charge on any atom is 0.248 e. The summed E-state index contributed by atoms with van der Waals surface area (Å²) in [5.74, 6) is 0.0478. The van der Waals surface area contributed by atoms with E-state index in [0.717, 1.165) is 21.7 Å². The van der Waals surface area contributed by atoms with Crippen molar-refractivity contribution in [3.05, 3.63) is 52.5 Å². The molecule has 2 rings (SSSR count). The van der Waals surface area contributed by atoms with Crippen LogP contribution in [0.25, 0.3) is 0 Å². The molecule has 8 heteroatoms. The molecule has 2 aromatic rings. The van der Waals surface area contributed by atoms with Crippen molar-refractivity contribution in [3.63, 3.8) is 0 Å². The molecule has 1 amide bonds. The lowest BCUT2D eigenvalue weighted by Crippen LogP contribution is -2.47. The number of rotatable bonds is 7. The summed E-state index contributed by atoms with van der Waals surface area (Å²) in [5, 5.41) is 3.23. The molecule has 0 saturated heterocycles. The number of carbonyl (C=O) groups excluding carboxylic acids is 1. The number of methoxy groups -OCH3 is 1. The molecule has 1 N–H and O–H groups in total. The molecule has 28 heavy (non-hydrogen) atoms. The minimum absolute atomic E-state index is 0.276. The van der Waals surface area contributed by atoms with Crippen LogP contribution in [0, 0.1) is 13.8 Å². The molecule has 0 spiro atoms. The van der Waals surface area contributed by atoms with Crippen LogP contribution in [0.4, 0.5) is 11.4 Å². The summed E-state index contributed by atoms with van der Waals surface area (Å²) in [4.78, 5) is 13.0. The van der Waals surface area contributed by atoms with Gasteiger partial charge in [0.25, 0.3) is 0 Å². The van der Waals surface area contributed by atoms with E-state index in [4.69, 9.17) is 16.3 Å². The Bertz CT molecular complexity index is 976. The number of anilines is 2. The summed E-state index contributed by atoms with van der Waals surface area (Å²) in [6.07, 6.45) is 1.35. The second-order valence-corrected chi connectivity index (χ2v) is 8.88. The molecule has 1 atom stereocenters. The molecular formula is C20H25ClN2O4S. The highest BCUT2D eigenvalue weighted by Gasteiger charge is 2.32. The molecule has 0 aliphatic rings. The van der Waals surface area contributed by atoms with Gasteiger partial charge < -0.3 is 10.1 Å². The van der Waals surface area contributed by atoms with Crippen LogP contribution in [0.3, 0.4) is 0 Å². The van der Waals surface area contributed by atoms with Crippen molar-refractivity contribution < 1.29 is 17.9 Å². The van der Waals surface area contributed by atoms with Gasteiger partial charge in [-0.1, -0.05) is 30.7 Å². The quantitative estimate of drug-likeness (QED) is 0.724. The third kappa shape index (κ3) is 4.97. The van der Waals surface area contributed by atoms with Gasteiger partial charge in [-0.15, -0.1) is 0 Å². The lowest BCUT2D eigenvalue weighted by molar-refractivity contribution is -0.117. The number of benzene rings is 2. The van der Waals surface area contributed by atoms with Gasteiger partial charge in [0.15, 0.2) is 0 Å². The average molecular weight is 425 g/mol. The van der Waals surface area contributed by atoms with E-state index in [2.05, 4.69) is 5.32 Å². The Morgan fingerprint density at radius 3 is 2.43 bits per heavy atom. The first-order valence-corrected chi connectivity index (χ1v) is 11.0. The fraction of sp³-hybridized carbons (Fsp3) is 0.350. The van der Waals surface area contributed by atoms with E-state index in [9.17, 15) is 13.2 Å². The highest BCUT2D eigenvalue weighted by molar-refractivity contribution is 7.92. The summed E-state index contributed by atoms with van der Waals surface area (Å²) < 4.78 is 31.5. The Balaban J connectivity index is 2.45. The zero-order valence-electron chi connectivity index (χ0n) is 16.6. The van der Waals surface area contributed by atoms with E-state index in [1.165, 1.54) is 7.11 Å². The largest absolute Gasteiger partial charge is 0.495 e. The van der Waals surface area contributed by atoms with Crippen molar-refractivity contribution in [1.29, 1.82) is 0 Å². The van der Waals surface area contributed by atoms with E-state index in [1.54, 1.807) is 37.3 Å². The number of halogens is 1. The second kappa shape index (κ2) is 8.84. The number of nitrogens with one attached hydrogen (secondary N) is 1. The summed E-state index contributed by atoms with van der Waals surface area (Å²) in [6.45, 7) is 5.47. The van der Waals surface area contributed by atoms with Gasteiger partial charge in [0.1, 0.15) is 11.8 Å². The SMILES string of the molecule is CC[C@H](C(=O)Nc1cc(C)ccc1OC)N(c1ccc(C)c(Cl)c1)S(C)(=O)=O. The van der Waals surface area contributed by atoms with E-state index < -0.39 is 22.0 Å². The summed E-state index contributed by atoms with van der Waals surface area (Å²) >= 11 is 6.18. The average Bonchev–Trinajstić information content (AvgIpc) is 2.61. The fourth-order valence-electron chi connectivity index (χ4n) is 2.91. The summed E-state index contributed by atoms with van der Waals surface area (Å²) in [5.41, 5.74) is 2.59. The van der Waals surface area contributed by atoms with Gasteiger partial charge in [0.05, 0.1) is 24.7 Å². The van der Waals surface area contributed by atoms with Crippen molar-refractivity contribution in [2.45, 2.75) is 33.2 Å². The number of aryl methyl sites for hydroxylation is 2. The number of amides is 1. The third-order valence-corrected chi connectivity index (χ3v) is 5.94. The van der Waals surface area contributed by atoms with Gasteiger partial charge in [0, 0.05) is 5.02 Å². The monoisotopic (exact) mass is 424 g/mol. The zero-order valence-corrected chi connectivity index (χ0v) is 18.2. The molecular weight excluding hydrogens is 400 g/mol. The minimum Gasteiger partial charge on any atom is -0.495 e. The van der Waals surface area contributed by atoms with Gasteiger partial charge in [0.2, 0.25) is 15.9 Å². The lowest BCUT2D eigenvalue weighted by atomic mass is 10.1. The smallest absolute Gasteiger partial charge is 0.248 e. The molecule has 2 aromatic carbocycles. The summed E-state index contributed by atoms with van der Waals surface area (Å²) in [6, 6.07) is 9.37. The standard InChI is InChI=1S/C20H25ClN2O4S/c1-6-18(20(24)22-17-11-13(2)7-10-19(17)27-4)23(28(5,25)26)15-9-8-14(3)16(21)12-15/h7-12,18H,6H2,1-5H3,(H,22,24)/t18-/m1/s1. The molecule has 0 unspecified atom stereocenters. The lowest BCUT2D eigenvalue weighted by Gasteiger charge is -2.30. The van der Waals surface area contributed by atoms with Crippen LogP contribution in [-0.4, -0.2) is 33.7 Å². The van der Waals surface area contributed by atoms with Crippen LogP contribution in [0.2, 0.25) is 5.02 Å². The van der Waals surface area contributed by atoms with Gasteiger partial charge in [-0.25, -0.2) is 8.42 Å². The number of carbonyl (C=O) groups is 1. The predicted octanol–water partition coefficient (Wildman–Crippen LogP) is 4.15. The van der Waals surface area contributed by atoms with Crippen LogP contribution in [0.1, 0.15) is 24.5 Å². The van der Waals surface area contributed by atoms with E-state index >= 15 is 0 Å². The van der Waals surface area contributed by atoms with Gasteiger partial charge in [-0.2, -0.15) is 0 Å². The van der Waals surface area contributed by atoms with Crippen LogP contribution >= 0.6 is 11.6 Å². The Morgan fingerprint density at radius 2 is 1.89 bits per heavy atom. The summed E-state index contributed by atoms with van der Waals surface area (Å²) in [7, 11) is -2.23. The predicted molar refractivity (Wildman–Crippen MR) is 114 cm³/mol. The first-order chi connectivity index (χ1) is 13.1. The fourth-order valence-corrected chi connectivity index (χ4v) is 4.29. The molecule has 6 nitrogen and oxygen atoms in total. The van der Waals surface area contributed by atoms with Crippen LogP contribution in [-0.2, 0) is 14.8 Å². The molecule has 0 radical (unpaired) electrons. The van der Waals surface area contributed by atoms with E-state index in [1.807, 2.05) is 19.9 Å². The number of hydrogen-bond donors (Lipinski definition) is 1. The Kier molecular flexibility index (Phi) is 6.96. The molecule has 0 saturated carbocycles. The highest BCUT2D eigenvalue weighted by Crippen LogP contribution is 2.29. The first-order valence-electron chi connectivity index (χ1n) is 8.79. The Labute approximate surface area is 171 Å². The van der Waals surface area contributed by atoms with Gasteiger partial charge in [-0.3, -0.25) is 9.10 Å². The molecule has 0 aliphatic heterocycles. The number of ether oxygens (including phenoxy) is 1. The molecule has 0 bridgehead atoms.